The van der Waals surface area contributed by atoms with E-state index in [2.05, 4.69) is 15.5 Å². The van der Waals surface area contributed by atoms with Gasteiger partial charge >= 0.3 is 0 Å². The van der Waals surface area contributed by atoms with Crippen LogP contribution in [0.15, 0.2) is 22.7 Å². The molecule has 1 aromatic carbocycles. The summed E-state index contributed by atoms with van der Waals surface area (Å²) in [5, 5.41) is 7.51. The number of nitrogens with zero attached hydrogens (tertiary/aromatic N) is 2. The molecule has 112 valence electrons. The number of hydrogen-bond acceptors (Lipinski definition) is 5. The van der Waals surface area contributed by atoms with Crippen molar-refractivity contribution in [2.75, 3.05) is 13.7 Å². The average molecular weight is 312 g/mol. The Kier molecular flexibility index (Phi) is 4.19. The number of methoxy groups -OCH3 is 1. The van der Waals surface area contributed by atoms with Crippen LogP contribution >= 0.6 is 11.6 Å². The minimum Gasteiger partial charge on any atom is -0.380 e. The molecule has 2 aromatic rings. The SMILES string of the molecule is CO[C@@H]1CN[C@@H](c2nc(Cc3c(F)cccc3Cl)no2)C1. The smallest absolute Gasteiger partial charge is 0.243 e. The first-order chi connectivity index (χ1) is 10.2. The Morgan fingerprint density at radius 2 is 2.38 bits per heavy atom. The third-order valence-corrected chi connectivity index (χ3v) is 3.96. The van der Waals surface area contributed by atoms with Crippen molar-refractivity contribution in [2.45, 2.75) is 25.0 Å². The Morgan fingerprint density at radius 3 is 3.10 bits per heavy atom. The standard InChI is InChI=1S/C14H15ClFN3O2/c1-20-8-5-12(17-7-8)14-18-13(19-21-14)6-9-10(15)3-2-4-11(9)16/h2-4,8,12,17H,5-7H2,1H3/t8-,12+/m0/s1. The molecule has 1 aromatic heterocycles. The van der Waals surface area contributed by atoms with Crippen LogP contribution in [-0.4, -0.2) is 29.9 Å². The summed E-state index contributed by atoms with van der Waals surface area (Å²) in [6.45, 7) is 0.748. The summed E-state index contributed by atoms with van der Waals surface area (Å²) in [6, 6.07) is 4.55. The van der Waals surface area contributed by atoms with E-state index in [1.165, 1.54) is 6.07 Å². The van der Waals surface area contributed by atoms with Gasteiger partial charge in [-0.3, -0.25) is 0 Å². The van der Waals surface area contributed by atoms with E-state index < -0.39 is 0 Å². The van der Waals surface area contributed by atoms with Gasteiger partial charge in [0, 0.05) is 30.7 Å². The van der Waals surface area contributed by atoms with E-state index in [1.54, 1.807) is 19.2 Å². The molecule has 7 heteroatoms. The van der Waals surface area contributed by atoms with Crippen LogP contribution in [0.1, 0.15) is 29.7 Å². The first kappa shape index (κ1) is 14.4. The predicted molar refractivity (Wildman–Crippen MR) is 74.7 cm³/mol. The summed E-state index contributed by atoms with van der Waals surface area (Å²) in [5.41, 5.74) is 0.376. The molecule has 1 fully saturated rings. The lowest BCUT2D eigenvalue weighted by atomic mass is 10.1. The minimum absolute atomic E-state index is 0.0210. The molecule has 5 nitrogen and oxygen atoms in total. The third kappa shape index (κ3) is 3.07. The summed E-state index contributed by atoms with van der Waals surface area (Å²) < 4.78 is 24.3. The van der Waals surface area contributed by atoms with Gasteiger partial charge in [0.25, 0.3) is 0 Å². The van der Waals surface area contributed by atoms with E-state index in [0.717, 1.165) is 13.0 Å². The van der Waals surface area contributed by atoms with Gasteiger partial charge in [-0.1, -0.05) is 22.8 Å². The molecule has 0 spiro atoms. The van der Waals surface area contributed by atoms with Crippen LogP contribution in [0.5, 0.6) is 0 Å². The van der Waals surface area contributed by atoms with Crippen LogP contribution in [0.2, 0.25) is 5.02 Å². The molecule has 0 radical (unpaired) electrons. The largest absolute Gasteiger partial charge is 0.380 e. The molecule has 0 saturated carbocycles. The molecule has 21 heavy (non-hydrogen) atoms. The lowest BCUT2D eigenvalue weighted by Gasteiger charge is -2.04. The molecule has 0 amide bonds. The fourth-order valence-corrected chi connectivity index (χ4v) is 2.64. The molecule has 1 aliphatic heterocycles. The molecular formula is C14H15ClFN3O2. The van der Waals surface area contributed by atoms with Gasteiger partial charge in [-0.2, -0.15) is 4.98 Å². The van der Waals surface area contributed by atoms with Gasteiger partial charge in [0.2, 0.25) is 5.89 Å². The van der Waals surface area contributed by atoms with E-state index in [1.807, 2.05) is 0 Å². The van der Waals surface area contributed by atoms with Crippen molar-refractivity contribution in [3.05, 3.63) is 46.3 Å². The molecule has 2 atom stereocenters. The maximum absolute atomic E-state index is 13.7. The molecular weight excluding hydrogens is 297 g/mol. The summed E-state index contributed by atoms with van der Waals surface area (Å²) in [6.07, 6.45) is 1.12. The van der Waals surface area contributed by atoms with Crippen LogP contribution in [0, 0.1) is 5.82 Å². The number of rotatable bonds is 4. The highest BCUT2D eigenvalue weighted by atomic mass is 35.5. The monoisotopic (exact) mass is 311 g/mol. The van der Waals surface area contributed by atoms with Crippen LogP contribution in [0.25, 0.3) is 0 Å². The Labute approximate surface area is 126 Å². The maximum Gasteiger partial charge on any atom is 0.243 e. The van der Waals surface area contributed by atoms with Gasteiger partial charge in [0.1, 0.15) is 5.82 Å². The second-order valence-corrected chi connectivity index (χ2v) is 5.39. The van der Waals surface area contributed by atoms with Crippen molar-refractivity contribution < 1.29 is 13.7 Å². The quantitative estimate of drug-likeness (QED) is 0.940. The summed E-state index contributed by atoms with van der Waals surface area (Å²) >= 11 is 6.00. The Morgan fingerprint density at radius 1 is 1.52 bits per heavy atom. The Hall–Kier alpha value is -1.50. The zero-order valence-corrected chi connectivity index (χ0v) is 12.2. The van der Waals surface area contributed by atoms with Gasteiger partial charge in [0.15, 0.2) is 5.82 Å². The van der Waals surface area contributed by atoms with Crippen molar-refractivity contribution in [1.82, 2.24) is 15.5 Å². The summed E-state index contributed by atoms with van der Waals surface area (Å²) in [7, 11) is 1.67. The lowest BCUT2D eigenvalue weighted by molar-refractivity contribution is 0.116. The van der Waals surface area contributed by atoms with Crippen molar-refractivity contribution in [1.29, 1.82) is 0 Å². The molecule has 0 unspecified atom stereocenters. The molecule has 3 rings (SSSR count). The molecule has 1 saturated heterocycles. The van der Waals surface area contributed by atoms with E-state index in [9.17, 15) is 4.39 Å². The van der Waals surface area contributed by atoms with Crippen molar-refractivity contribution in [3.8, 4) is 0 Å². The van der Waals surface area contributed by atoms with Gasteiger partial charge in [-0.25, -0.2) is 4.39 Å². The normalized spacial score (nSPS) is 21.9. The number of ether oxygens (including phenoxy) is 1. The van der Waals surface area contributed by atoms with E-state index in [4.69, 9.17) is 20.9 Å². The molecule has 1 aliphatic rings. The van der Waals surface area contributed by atoms with Gasteiger partial charge in [0.05, 0.1) is 12.1 Å². The summed E-state index contributed by atoms with van der Waals surface area (Å²) in [4.78, 5) is 4.32. The van der Waals surface area contributed by atoms with E-state index in [-0.39, 0.29) is 24.4 Å². The van der Waals surface area contributed by atoms with Gasteiger partial charge < -0.3 is 14.6 Å². The Bertz CT molecular complexity index is 614. The second kappa shape index (κ2) is 6.09. The second-order valence-electron chi connectivity index (χ2n) is 4.98. The van der Waals surface area contributed by atoms with Crippen LogP contribution in [0.4, 0.5) is 4.39 Å². The molecule has 0 bridgehead atoms. The average Bonchev–Trinajstić information content (AvgIpc) is 3.11. The minimum atomic E-state index is -0.368. The molecule has 0 aliphatic carbocycles. The van der Waals surface area contributed by atoms with E-state index in [0.29, 0.717) is 22.3 Å². The number of aromatic nitrogens is 2. The van der Waals surface area contributed by atoms with Gasteiger partial charge in [-0.05, 0) is 18.6 Å². The number of hydrogen-bond donors (Lipinski definition) is 1. The lowest BCUT2D eigenvalue weighted by Crippen LogP contribution is -2.16. The summed E-state index contributed by atoms with van der Waals surface area (Å²) in [5.74, 6) is 0.545. The third-order valence-electron chi connectivity index (χ3n) is 3.60. The Balaban J connectivity index is 1.74. The zero-order chi connectivity index (χ0) is 14.8. The van der Waals surface area contributed by atoms with Crippen molar-refractivity contribution in [2.24, 2.45) is 0 Å². The van der Waals surface area contributed by atoms with Crippen LogP contribution in [-0.2, 0) is 11.2 Å². The zero-order valence-electron chi connectivity index (χ0n) is 11.5. The molecule has 1 N–H and O–H groups in total. The maximum atomic E-state index is 13.7. The number of benzene rings is 1. The molecule has 2 heterocycles. The van der Waals surface area contributed by atoms with Gasteiger partial charge in [-0.15, -0.1) is 0 Å². The van der Waals surface area contributed by atoms with E-state index >= 15 is 0 Å². The van der Waals surface area contributed by atoms with Crippen molar-refractivity contribution >= 4 is 11.6 Å². The fourth-order valence-electron chi connectivity index (χ4n) is 2.41. The first-order valence-corrected chi connectivity index (χ1v) is 7.06. The number of halogens is 2. The highest BCUT2D eigenvalue weighted by Crippen LogP contribution is 2.25. The first-order valence-electron chi connectivity index (χ1n) is 6.69. The topological polar surface area (TPSA) is 60.2 Å². The fraction of sp³-hybridized carbons (Fsp3) is 0.429. The number of nitrogens with one attached hydrogen (secondary N) is 1. The highest BCUT2D eigenvalue weighted by Gasteiger charge is 2.29. The van der Waals surface area contributed by atoms with Crippen LogP contribution in [0.3, 0.4) is 0 Å². The predicted octanol–water partition coefficient (Wildman–Crippen LogP) is 2.50. The highest BCUT2D eigenvalue weighted by molar-refractivity contribution is 6.31. The van der Waals surface area contributed by atoms with Crippen molar-refractivity contribution in [3.63, 3.8) is 0 Å². The van der Waals surface area contributed by atoms with Crippen LogP contribution < -0.4 is 5.32 Å².